The molecule has 8 heteroatoms. The van der Waals surface area contributed by atoms with Crippen molar-refractivity contribution in [2.24, 2.45) is 5.92 Å². The minimum absolute atomic E-state index is 0.208. The van der Waals surface area contributed by atoms with Gasteiger partial charge in [0.15, 0.2) is 0 Å². The Morgan fingerprint density at radius 1 is 1.12 bits per heavy atom. The average Bonchev–Trinajstić information content (AvgIpc) is 2.67. The summed E-state index contributed by atoms with van der Waals surface area (Å²) in [7, 11) is 0. The van der Waals surface area contributed by atoms with E-state index >= 15 is 0 Å². The summed E-state index contributed by atoms with van der Waals surface area (Å²) in [5, 5.41) is 0. The quantitative estimate of drug-likeness (QED) is 0.799. The van der Waals surface area contributed by atoms with Gasteiger partial charge in [-0.15, -0.1) is 0 Å². The highest BCUT2D eigenvalue weighted by atomic mass is 16.2. The van der Waals surface area contributed by atoms with E-state index in [1.54, 1.807) is 36.9 Å². The van der Waals surface area contributed by atoms with Crippen LogP contribution in [0.25, 0.3) is 0 Å². The summed E-state index contributed by atoms with van der Waals surface area (Å²) in [6, 6.07) is 3.29. The van der Waals surface area contributed by atoms with Gasteiger partial charge in [-0.25, -0.2) is 4.98 Å². The number of hydrazine groups is 1. The summed E-state index contributed by atoms with van der Waals surface area (Å²) >= 11 is 0. The summed E-state index contributed by atoms with van der Waals surface area (Å²) in [6.45, 7) is 1.39. The second kappa shape index (κ2) is 7.49. The number of amides is 2. The lowest BCUT2D eigenvalue weighted by molar-refractivity contribution is -0.126. The van der Waals surface area contributed by atoms with Gasteiger partial charge in [0.05, 0.1) is 17.7 Å². The van der Waals surface area contributed by atoms with Crippen molar-refractivity contribution in [3.8, 4) is 0 Å². The fraction of sp³-hybridized carbons (Fsp3) is 0.312. The Kier molecular flexibility index (Phi) is 4.95. The molecule has 0 saturated carbocycles. The molecule has 0 radical (unpaired) electrons. The van der Waals surface area contributed by atoms with Crippen molar-refractivity contribution in [3.63, 3.8) is 0 Å². The first-order chi connectivity index (χ1) is 11.7. The Bertz CT molecular complexity index is 694. The molecule has 1 atom stereocenters. The molecular weight excluding hydrogens is 308 g/mol. The molecular formula is C16H18N6O2. The maximum absolute atomic E-state index is 12.3. The first-order valence-corrected chi connectivity index (χ1v) is 7.75. The molecule has 3 heterocycles. The molecule has 1 fully saturated rings. The minimum Gasteiger partial charge on any atom is -0.355 e. The van der Waals surface area contributed by atoms with Crippen LogP contribution < -0.4 is 15.8 Å². The molecule has 0 aliphatic carbocycles. The molecule has 1 aliphatic heterocycles. The predicted octanol–water partition coefficient (Wildman–Crippen LogP) is 0.549. The molecule has 1 saturated heterocycles. The number of nitrogens with one attached hydrogen (secondary N) is 2. The number of hydrogen-bond donors (Lipinski definition) is 2. The van der Waals surface area contributed by atoms with Crippen molar-refractivity contribution in [1.29, 1.82) is 0 Å². The van der Waals surface area contributed by atoms with Gasteiger partial charge in [0, 0.05) is 37.9 Å². The summed E-state index contributed by atoms with van der Waals surface area (Å²) in [6.07, 6.45) is 9.61. The van der Waals surface area contributed by atoms with Crippen molar-refractivity contribution in [3.05, 3.63) is 48.7 Å². The third kappa shape index (κ3) is 3.83. The summed E-state index contributed by atoms with van der Waals surface area (Å²) in [5.41, 5.74) is 5.31. The monoisotopic (exact) mass is 326 g/mol. The lowest BCUT2D eigenvalue weighted by atomic mass is 9.97. The Morgan fingerprint density at radius 2 is 2.00 bits per heavy atom. The maximum Gasteiger partial charge on any atom is 0.271 e. The topological polar surface area (TPSA) is 100 Å². The van der Waals surface area contributed by atoms with Crippen LogP contribution in [0.15, 0.2) is 43.1 Å². The minimum atomic E-state index is -0.391. The molecule has 0 bridgehead atoms. The van der Waals surface area contributed by atoms with Crippen molar-refractivity contribution in [1.82, 2.24) is 25.8 Å². The molecule has 2 amide bonds. The van der Waals surface area contributed by atoms with E-state index < -0.39 is 5.91 Å². The zero-order valence-corrected chi connectivity index (χ0v) is 13.1. The van der Waals surface area contributed by atoms with E-state index in [1.807, 2.05) is 4.90 Å². The van der Waals surface area contributed by atoms with Gasteiger partial charge in [0.2, 0.25) is 5.91 Å². The van der Waals surface area contributed by atoms with Crippen LogP contribution in [0.4, 0.5) is 5.82 Å². The summed E-state index contributed by atoms with van der Waals surface area (Å²) < 4.78 is 0. The van der Waals surface area contributed by atoms with Crippen LogP contribution in [0.3, 0.4) is 0 Å². The normalized spacial score (nSPS) is 17.2. The molecule has 0 spiro atoms. The van der Waals surface area contributed by atoms with Gasteiger partial charge in [-0.2, -0.15) is 0 Å². The van der Waals surface area contributed by atoms with Gasteiger partial charge >= 0.3 is 0 Å². The number of nitrogens with zero attached hydrogens (tertiary/aromatic N) is 4. The number of aromatic nitrogens is 3. The summed E-state index contributed by atoms with van der Waals surface area (Å²) in [5.74, 6) is -0.0526. The summed E-state index contributed by atoms with van der Waals surface area (Å²) in [4.78, 5) is 38.5. The van der Waals surface area contributed by atoms with Gasteiger partial charge in [-0.3, -0.25) is 30.4 Å². The smallest absolute Gasteiger partial charge is 0.271 e. The number of carbonyl (C=O) groups is 2. The Labute approximate surface area is 139 Å². The van der Waals surface area contributed by atoms with Crippen molar-refractivity contribution < 1.29 is 9.59 Å². The standard InChI is InChI=1S/C16H18N6O2/c23-15(12-3-1-5-17-9-12)20-21-16(24)13-4-2-8-22(11-13)14-10-18-6-7-19-14/h1,3,5-7,9-10,13H,2,4,8,11H2,(H,20,23)(H,21,24). The van der Waals surface area contributed by atoms with E-state index in [2.05, 4.69) is 25.8 Å². The fourth-order valence-corrected chi connectivity index (χ4v) is 2.64. The number of rotatable bonds is 3. The van der Waals surface area contributed by atoms with Crippen LogP contribution in [-0.2, 0) is 4.79 Å². The highest BCUT2D eigenvalue weighted by molar-refractivity contribution is 5.95. The molecule has 2 aromatic rings. The van der Waals surface area contributed by atoms with Crippen molar-refractivity contribution >= 4 is 17.6 Å². The molecule has 2 aromatic heterocycles. The molecule has 124 valence electrons. The molecule has 8 nitrogen and oxygen atoms in total. The van der Waals surface area contributed by atoms with Crippen LogP contribution in [0.2, 0.25) is 0 Å². The highest BCUT2D eigenvalue weighted by Crippen LogP contribution is 2.20. The van der Waals surface area contributed by atoms with Crippen LogP contribution in [0.1, 0.15) is 23.2 Å². The molecule has 2 N–H and O–H groups in total. The van der Waals surface area contributed by atoms with Crippen LogP contribution in [0.5, 0.6) is 0 Å². The largest absolute Gasteiger partial charge is 0.355 e. The van der Waals surface area contributed by atoms with Crippen LogP contribution in [-0.4, -0.2) is 39.9 Å². The van der Waals surface area contributed by atoms with Crippen LogP contribution >= 0.6 is 0 Å². The van der Waals surface area contributed by atoms with E-state index in [9.17, 15) is 9.59 Å². The Balaban J connectivity index is 1.54. The highest BCUT2D eigenvalue weighted by Gasteiger charge is 2.26. The van der Waals surface area contributed by atoms with Gasteiger partial charge in [-0.05, 0) is 25.0 Å². The number of pyridine rings is 1. The van der Waals surface area contributed by atoms with E-state index in [0.29, 0.717) is 12.1 Å². The number of hydrogen-bond acceptors (Lipinski definition) is 6. The molecule has 0 aromatic carbocycles. The molecule has 1 unspecified atom stereocenters. The average molecular weight is 326 g/mol. The predicted molar refractivity (Wildman–Crippen MR) is 86.8 cm³/mol. The first kappa shape index (κ1) is 15.9. The third-order valence-corrected chi connectivity index (χ3v) is 3.89. The second-order valence-corrected chi connectivity index (χ2v) is 5.53. The second-order valence-electron chi connectivity index (χ2n) is 5.53. The number of carbonyl (C=O) groups excluding carboxylic acids is 2. The van der Waals surface area contributed by atoms with Gasteiger partial charge in [0.25, 0.3) is 5.91 Å². The zero-order chi connectivity index (χ0) is 16.8. The van der Waals surface area contributed by atoms with E-state index in [0.717, 1.165) is 25.2 Å². The van der Waals surface area contributed by atoms with E-state index in [-0.39, 0.29) is 11.8 Å². The molecule has 3 rings (SSSR count). The first-order valence-electron chi connectivity index (χ1n) is 7.75. The van der Waals surface area contributed by atoms with Gasteiger partial charge < -0.3 is 4.90 Å². The number of piperidine rings is 1. The van der Waals surface area contributed by atoms with Gasteiger partial charge in [-0.1, -0.05) is 0 Å². The zero-order valence-electron chi connectivity index (χ0n) is 13.1. The van der Waals surface area contributed by atoms with E-state index in [1.165, 1.54) is 6.20 Å². The Morgan fingerprint density at radius 3 is 2.75 bits per heavy atom. The lowest BCUT2D eigenvalue weighted by Gasteiger charge is -2.32. The molecule has 1 aliphatic rings. The van der Waals surface area contributed by atoms with Crippen molar-refractivity contribution in [2.45, 2.75) is 12.8 Å². The maximum atomic E-state index is 12.3. The Hall–Kier alpha value is -3.03. The van der Waals surface area contributed by atoms with Gasteiger partial charge in [0.1, 0.15) is 5.82 Å². The fourth-order valence-electron chi connectivity index (χ4n) is 2.64. The molecule has 24 heavy (non-hydrogen) atoms. The third-order valence-electron chi connectivity index (χ3n) is 3.89. The van der Waals surface area contributed by atoms with Crippen LogP contribution in [0, 0.1) is 5.92 Å². The number of anilines is 1. The lowest BCUT2D eigenvalue weighted by Crippen LogP contribution is -2.49. The SMILES string of the molecule is O=C(NNC(=O)C1CCCN(c2cnccn2)C1)c1cccnc1. The van der Waals surface area contributed by atoms with Crippen molar-refractivity contribution in [2.75, 3.05) is 18.0 Å². The van der Waals surface area contributed by atoms with E-state index in [4.69, 9.17) is 0 Å².